The number of nitrogens with one attached hydrogen (secondary N) is 3. The molecule has 6 rings (SSSR count). The lowest BCUT2D eigenvalue weighted by Crippen LogP contribution is -2.64. The summed E-state index contributed by atoms with van der Waals surface area (Å²) in [5.74, 6) is -3.24. The monoisotopic (exact) mass is 1500 g/mol. The number of phosphoric ester groups is 2. The number of amides is 6. The Labute approximate surface area is 578 Å². The molecule has 0 saturated carbocycles. The molecule has 0 aliphatic carbocycles. The van der Waals surface area contributed by atoms with Gasteiger partial charge >= 0.3 is 23.9 Å². The second-order valence-electron chi connectivity index (χ2n) is 26.4. The molecule has 18 unspecified atom stereocenters. The fourth-order valence-electron chi connectivity index (χ4n) is 12.4. The lowest BCUT2D eigenvalue weighted by Gasteiger charge is -2.42. The molecular weight excluding hydrogens is 1400 g/mol. The van der Waals surface area contributed by atoms with Gasteiger partial charge in [0.1, 0.15) is 85.3 Å². The molecule has 0 bridgehead atoms. The number of hydrogen-bond acceptors (Lipinski definition) is 31. The Kier molecular flexibility index (Phi) is 33.9. The summed E-state index contributed by atoms with van der Waals surface area (Å²) in [6.45, 7) is 3.60. The van der Waals surface area contributed by atoms with E-state index in [0.29, 0.717) is 0 Å². The largest absolute Gasteiger partial charge is 0.698 e. The molecule has 576 valence electrons. The van der Waals surface area contributed by atoms with Crippen LogP contribution in [0.15, 0.2) is 0 Å². The third-order valence-electron chi connectivity index (χ3n) is 17.2. The first kappa shape index (κ1) is 85.3. The van der Waals surface area contributed by atoms with Crippen LogP contribution in [0.25, 0.3) is 0 Å². The first-order valence-corrected chi connectivity index (χ1v) is 37.3. The minimum absolute atomic E-state index is 0.0529. The van der Waals surface area contributed by atoms with Crippen LogP contribution in [0.2, 0.25) is 0 Å². The van der Waals surface area contributed by atoms with E-state index in [1.165, 1.54) is 35.5 Å². The summed E-state index contributed by atoms with van der Waals surface area (Å²) in [7, 11) is -13.0. The van der Waals surface area contributed by atoms with Crippen molar-refractivity contribution in [3.05, 3.63) is 0 Å². The van der Waals surface area contributed by atoms with Crippen molar-refractivity contribution in [1.29, 1.82) is 0 Å². The van der Waals surface area contributed by atoms with Gasteiger partial charge in [0.15, 0.2) is 18.9 Å². The van der Waals surface area contributed by atoms with Crippen molar-refractivity contribution in [3.8, 4) is 0 Å². The van der Waals surface area contributed by atoms with Gasteiger partial charge in [0.25, 0.3) is 0 Å². The van der Waals surface area contributed by atoms with Crippen molar-refractivity contribution < 1.29 is 159 Å². The zero-order valence-corrected chi connectivity index (χ0v) is 59.4. The number of carbonyl (C=O) groups is 6. The summed E-state index contributed by atoms with van der Waals surface area (Å²) in [5, 5.41) is 110. The molecule has 39 nitrogen and oxygen atoms in total. The van der Waals surface area contributed by atoms with E-state index in [-0.39, 0.29) is 117 Å². The number of aliphatic hydroxyl groups is 10. The van der Waals surface area contributed by atoms with Crippen LogP contribution in [0.5, 0.6) is 0 Å². The highest BCUT2D eigenvalue weighted by atomic mass is 31.2. The van der Waals surface area contributed by atoms with Crippen LogP contribution in [0.1, 0.15) is 119 Å². The molecule has 100 heavy (non-hydrogen) atoms. The van der Waals surface area contributed by atoms with Crippen LogP contribution < -0.4 is 16.0 Å². The molecule has 6 heterocycles. The summed E-state index contributed by atoms with van der Waals surface area (Å²) < 4.78 is 108. The SMILES string of the molecule is CC(=O)NC1C(OCCCCC(=O)N2C[C@H](O)C[C@H]2COP(=O)(O)O[C@@H]2C[C@@H](COP(=O)(O)O[C@@H]3C[C@@H](CO[P+](=O)OC(C)(C)C)N(C(=O)CCCCOC4OC(CO)C(O)C(O)C4NC(C)=O)C3)N(C(=O)CCCCOC3OC(CO)C(O)C(O)C3NC(C)=O)C2)OC(CO)C(O)C1O. The number of unbranched alkanes of at least 4 members (excludes halogenated alkanes) is 3. The van der Waals surface area contributed by atoms with Crippen LogP contribution >= 0.6 is 23.9 Å². The lowest BCUT2D eigenvalue weighted by atomic mass is 9.97. The van der Waals surface area contributed by atoms with Crippen LogP contribution in [-0.4, -0.2) is 324 Å². The van der Waals surface area contributed by atoms with Gasteiger partial charge < -0.3 is 120 Å². The van der Waals surface area contributed by atoms with E-state index in [1.807, 2.05) is 0 Å². The van der Waals surface area contributed by atoms with E-state index in [4.69, 9.17) is 55.6 Å². The van der Waals surface area contributed by atoms with Gasteiger partial charge in [-0.05, 0) is 78.6 Å². The predicted octanol–water partition coefficient (Wildman–Crippen LogP) is -3.96. The van der Waals surface area contributed by atoms with Crippen LogP contribution in [0.4, 0.5) is 0 Å². The molecule has 6 aliphatic heterocycles. The minimum atomic E-state index is -5.16. The maximum Gasteiger partial charge on any atom is 0.698 e. The molecule has 6 saturated heterocycles. The summed E-state index contributed by atoms with van der Waals surface area (Å²) in [4.78, 5) is 103. The maximum absolute atomic E-state index is 14.1. The Balaban J connectivity index is 1.07. The average Bonchev–Trinajstić information content (AvgIpc) is 1.27. The van der Waals surface area contributed by atoms with E-state index < -0.39 is 233 Å². The molecule has 15 N–H and O–H groups in total. The normalized spacial score (nSPS) is 34.0. The maximum atomic E-state index is 14.1. The highest BCUT2D eigenvalue weighted by Gasteiger charge is 2.50. The Hall–Kier alpha value is -3.58. The fraction of sp³-hybridized carbons (Fsp3) is 0.897. The molecule has 0 radical (unpaired) electrons. The first-order valence-electron chi connectivity index (χ1n) is 33.2. The Morgan fingerprint density at radius 1 is 0.490 bits per heavy atom. The molecule has 6 fully saturated rings. The topological polar surface area (TPSA) is 553 Å². The number of rotatable bonds is 38. The van der Waals surface area contributed by atoms with E-state index in [1.54, 1.807) is 20.8 Å². The van der Waals surface area contributed by atoms with Gasteiger partial charge in [0, 0.05) is 84.1 Å². The molecular formula is C58H102N6O33P3+. The van der Waals surface area contributed by atoms with Gasteiger partial charge in [-0.15, -0.1) is 9.05 Å². The van der Waals surface area contributed by atoms with Gasteiger partial charge in [-0.1, -0.05) is 0 Å². The second kappa shape index (κ2) is 39.7. The standard InChI is InChI=1S/C58H101N6O33P3/c1-31(68)59-46-52(78)49(75)40(25-65)92-55(46)86-16-10-7-13-43(72)62-22-37(71)19-34(62)29-90-99(82,83)96-39-21-36(64(24-39)45(74)15-9-12-18-88-57-48(61-33(3)70)54(80)51(77)42(27-67)94-57)30-91-100(84,85)95-38-20-35(28-89-98(81)97-58(4,5)6)63(23-38)44(73)14-8-11-17-87-56-47(60-32(2)69)53(79)50(76)41(26-66)93-56/h34-42,46-57,65-67,71,75-80H,7-30H2,1-6H3,(H4-,59,60,61,68,69,70,82,83,84,85)/p+1/t34-,35-,36-,37+,38+,39+,40?,41?,42?,46?,47?,48?,49?,50?,51?,52?,53?,54?,55?,56?,57?/m0/s1. The summed E-state index contributed by atoms with van der Waals surface area (Å²) in [6.07, 6.45) is -20.3. The van der Waals surface area contributed by atoms with Crippen molar-refractivity contribution in [2.75, 3.05) is 79.1 Å². The third kappa shape index (κ3) is 25.9. The van der Waals surface area contributed by atoms with E-state index in [2.05, 4.69) is 16.0 Å². The quantitative estimate of drug-likeness (QED) is 0.0207. The van der Waals surface area contributed by atoms with Gasteiger partial charge in [-0.25, -0.2) is 9.13 Å². The van der Waals surface area contributed by atoms with Crippen molar-refractivity contribution in [1.82, 2.24) is 30.7 Å². The van der Waals surface area contributed by atoms with Gasteiger partial charge in [0.05, 0.1) is 69.5 Å². The Morgan fingerprint density at radius 3 is 1.13 bits per heavy atom. The third-order valence-corrected chi connectivity index (χ3v) is 20.3. The Bertz CT molecular complexity index is 2770. The number of hydrogen-bond donors (Lipinski definition) is 15. The number of carbonyl (C=O) groups excluding carboxylic acids is 6. The molecule has 0 aromatic carbocycles. The first-order chi connectivity index (χ1) is 47.0. The van der Waals surface area contributed by atoms with Gasteiger partial charge in [-0.3, -0.25) is 46.9 Å². The van der Waals surface area contributed by atoms with E-state index in [9.17, 15) is 103 Å². The number of phosphoric acid groups is 2. The molecule has 0 aromatic heterocycles. The summed E-state index contributed by atoms with van der Waals surface area (Å²) in [5.41, 5.74) is -0.894. The van der Waals surface area contributed by atoms with Gasteiger partial charge in [-0.2, -0.15) is 0 Å². The number of aliphatic hydroxyl groups excluding tert-OH is 10. The molecule has 6 aliphatic rings. The molecule has 24 atom stereocenters. The number of nitrogens with zero attached hydrogens (tertiary/aromatic N) is 3. The zero-order valence-electron chi connectivity index (χ0n) is 56.7. The zero-order chi connectivity index (χ0) is 74.0. The Morgan fingerprint density at radius 2 is 0.810 bits per heavy atom. The predicted molar refractivity (Wildman–Crippen MR) is 338 cm³/mol. The number of ether oxygens (including phenoxy) is 6. The fourth-order valence-corrected chi connectivity index (χ4v) is 15.1. The molecule has 6 amide bonds. The average molecular weight is 1500 g/mol. The summed E-state index contributed by atoms with van der Waals surface area (Å²) in [6, 6.07) is -6.59. The van der Waals surface area contributed by atoms with Crippen molar-refractivity contribution in [2.45, 2.75) is 253 Å². The second-order valence-corrected chi connectivity index (χ2v) is 30.2. The van der Waals surface area contributed by atoms with E-state index >= 15 is 0 Å². The number of likely N-dealkylation sites (tertiary alicyclic amines) is 3. The van der Waals surface area contributed by atoms with Crippen molar-refractivity contribution >= 4 is 59.3 Å². The number of β-amino-alcohol motifs (C(OH)–C–C–N with tert-alkyl or cyclic N) is 1. The van der Waals surface area contributed by atoms with Crippen molar-refractivity contribution in [2.24, 2.45) is 0 Å². The van der Waals surface area contributed by atoms with Crippen LogP contribution in [-0.2, 0) is 98.0 Å². The van der Waals surface area contributed by atoms with E-state index in [0.717, 1.165) is 0 Å². The summed E-state index contributed by atoms with van der Waals surface area (Å²) >= 11 is 0. The molecule has 0 spiro atoms. The van der Waals surface area contributed by atoms with Crippen LogP contribution in [0.3, 0.4) is 0 Å². The van der Waals surface area contributed by atoms with Crippen molar-refractivity contribution in [3.63, 3.8) is 0 Å². The highest BCUT2D eigenvalue weighted by molar-refractivity contribution is 7.47. The van der Waals surface area contributed by atoms with Gasteiger partial charge in [0.2, 0.25) is 35.4 Å². The smallest absolute Gasteiger partial charge is 0.394 e. The highest BCUT2D eigenvalue weighted by Crippen LogP contribution is 2.50. The van der Waals surface area contributed by atoms with Crippen LogP contribution in [0, 0.1) is 0 Å². The minimum Gasteiger partial charge on any atom is -0.394 e. The molecule has 42 heteroatoms. The lowest BCUT2D eigenvalue weighted by molar-refractivity contribution is -0.270. The molecule has 0 aromatic rings.